The molecule has 0 spiro atoms. The van der Waals surface area contributed by atoms with Crippen LogP contribution in [-0.2, 0) is 6.42 Å². The van der Waals surface area contributed by atoms with E-state index in [1.54, 1.807) is 0 Å². The highest BCUT2D eigenvalue weighted by Gasteiger charge is 2.23. The van der Waals surface area contributed by atoms with E-state index in [4.69, 9.17) is 5.73 Å². The third-order valence-corrected chi connectivity index (χ3v) is 4.51. The molecule has 2 N–H and O–H groups in total. The predicted molar refractivity (Wildman–Crippen MR) is 85.6 cm³/mol. The van der Waals surface area contributed by atoms with Gasteiger partial charge in [0.1, 0.15) is 5.82 Å². The number of hydrogen-bond donors (Lipinski definition) is 1. The number of nitrogens with two attached hydrogens (primary N) is 1. The topological polar surface area (TPSA) is 51.8 Å². The molecule has 1 aromatic carbocycles. The molecule has 0 unspecified atom stereocenters. The molecule has 0 amide bonds. The monoisotopic (exact) mass is 331 g/mol. The minimum atomic E-state index is 0.518. The SMILES string of the molecule is CCCc1nc(-c2ccc(C3CC3)cc2)nc(N)c1Br. The van der Waals surface area contributed by atoms with Gasteiger partial charge < -0.3 is 5.73 Å². The van der Waals surface area contributed by atoms with Gasteiger partial charge in [-0.3, -0.25) is 0 Å². The Labute approximate surface area is 127 Å². The first-order valence-electron chi connectivity index (χ1n) is 7.11. The molecule has 0 bridgehead atoms. The fourth-order valence-corrected chi connectivity index (χ4v) is 2.74. The molecule has 0 aliphatic heterocycles. The number of nitrogen functional groups attached to an aromatic ring is 1. The average Bonchev–Trinajstić information content (AvgIpc) is 3.29. The van der Waals surface area contributed by atoms with Gasteiger partial charge in [-0.15, -0.1) is 0 Å². The van der Waals surface area contributed by atoms with Crippen LogP contribution in [0.2, 0.25) is 0 Å². The normalized spacial score (nSPS) is 14.5. The summed E-state index contributed by atoms with van der Waals surface area (Å²) in [4.78, 5) is 9.04. The molecular formula is C16H18BrN3. The van der Waals surface area contributed by atoms with E-state index >= 15 is 0 Å². The highest BCUT2D eigenvalue weighted by Crippen LogP contribution is 2.40. The summed E-state index contributed by atoms with van der Waals surface area (Å²) in [6.07, 6.45) is 4.58. The van der Waals surface area contributed by atoms with E-state index in [9.17, 15) is 0 Å². The van der Waals surface area contributed by atoms with Crippen molar-refractivity contribution in [2.24, 2.45) is 0 Å². The predicted octanol–water partition coefficient (Wildman–Crippen LogP) is 4.32. The summed E-state index contributed by atoms with van der Waals surface area (Å²) in [5.41, 5.74) is 9.42. The maximum Gasteiger partial charge on any atom is 0.161 e. The summed E-state index contributed by atoms with van der Waals surface area (Å²) in [7, 11) is 0. The molecule has 104 valence electrons. The standard InChI is InChI=1S/C16H18BrN3/c1-2-3-13-14(17)15(18)20-16(19-13)12-8-6-11(7-9-12)10-4-5-10/h6-10H,2-5H2,1H3,(H2,18,19,20). The van der Waals surface area contributed by atoms with E-state index < -0.39 is 0 Å². The fourth-order valence-electron chi connectivity index (χ4n) is 2.37. The van der Waals surface area contributed by atoms with Crippen molar-refractivity contribution in [2.75, 3.05) is 5.73 Å². The number of hydrogen-bond acceptors (Lipinski definition) is 3. The lowest BCUT2D eigenvalue weighted by Crippen LogP contribution is -2.02. The average molecular weight is 332 g/mol. The third kappa shape index (κ3) is 2.70. The number of benzene rings is 1. The first-order chi connectivity index (χ1) is 9.69. The van der Waals surface area contributed by atoms with Crippen molar-refractivity contribution >= 4 is 21.7 Å². The highest BCUT2D eigenvalue weighted by atomic mass is 79.9. The zero-order valence-electron chi connectivity index (χ0n) is 11.6. The number of anilines is 1. The molecule has 4 heteroatoms. The Morgan fingerprint density at radius 1 is 1.20 bits per heavy atom. The van der Waals surface area contributed by atoms with Crippen LogP contribution in [0.15, 0.2) is 28.7 Å². The first-order valence-corrected chi connectivity index (χ1v) is 7.90. The molecule has 1 aliphatic carbocycles. The molecule has 20 heavy (non-hydrogen) atoms. The second kappa shape index (κ2) is 5.52. The van der Waals surface area contributed by atoms with Crippen LogP contribution >= 0.6 is 15.9 Å². The Morgan fingerprint density at radius 2 is 1.90 bits per heavy atom. The molecular weight excluding hydrogens is 314 g/mol. The first kappa shape index (κ1) is 13.6. The van der Waals surface area contributed by atoms with Crippen molar-refractivity contribution in [3.05, 3.63) is 40.0 Å². The van der Waals surface area contributed by atoms with E-state index in [0.29, 0.717) is 5.82 Å². The Morgan fingerprint density at radius 3 is 2.50 bits per heavy atom. The van der Waals surface area contributed by atoms with Gasteiger partial charge in [0.05, 0.1) is 10.2 Å². The Hall–Kier alpha value is -1.42. The summed E-state index contributed by atoms with van der Waals surface area (Å²) in [5, 5.41) is 0. The van der Waals surface area contributed by atoms with Gasteiger partial charge in [-0.25, -0.2) is 9.97 Å². The maximum atomic E-state index is 5.98. The van der Waals surface area contributed by atoms with Crippen molar-refractivity contribution in [1.29, 1.82) is 0 Å². The van der Waals surface area contributed by atoms with Crippen molar-refractivity contribution in [2.45, 2.75) is 38.5 Å². The summed E-state index contributed by atoms with van der Waals surface area (Å²) >= 11 is 3.48. The van der Waals surface area contributed by atoms with Crippen LogP contribution < -0.4 is 5.73 Å². The quantitative estimate of drug-likeness (QED) is 0.907. The van der Waals surface area contributed by atoms with Crippen LogP contribution in [0, 0.1) is 0 Å². The smallest absolute Gasteiger partial charge is 0.161 e. The molecule has 3 rings (SSSR count). The number of aromatic nitrogens is 2. The fraction of sp³-hybridized carbons (Fsp3) is 0.375. The second-order valence-corrected chi connectivity index (χ2v) is 6.13. The Balaban J connectivity index is 1.95. The molecule has 1 aliphatic rings. The van der Waals surface area contributed by atoms with Crippen molar-refractivity contribution in [3.63, 3.8) is 0 Å². The zero-order valence-corrected chi connectivity index (χ0v) is 13.2. The molecule has 0 atom stereocenters. The minimum Gasteiger partial charge on any atom is -0.383 e. The summed E-state index contributed by atoms with van der Waals surface area (Å²) in [5.74, 6) is 2.01. The van der Waals surface area contributed by atoms with Gasteiger partial charge in [-0.2, -0.15) is 0 Å². The number of aryl methyl sites for hydroxylation is 1. The summed E-state index contributed by atoms with van der Waals surface area (Å²) in [6, 6.07) is 8.58. The third-order valence-electron chi connectivity index (χ3n) is 3.65. The van der Waals surface area contributed by atoms with E-state index in [0.717, 1.165) is 40.3 Å². The van der Waals surface area contributed by atoms with E-state index in [1.807, 2.05) is 0 Å². The second-order valence-electron chi connectivity index (χ2n) is 5.34. The van der Waals surface area contributed by atoms with Crippen molar-refractivity contribution < 1.29 is 0 Å². The van der Waals surface area contributed by atoms with Gasteiger partial charge in [0, 0.05) is 5.56 Å². The molecule has 0 saturated heterocycles. The van der Waals surface area contributed by atoms with Crippen molar-refractivity contribution in [3.8, 4) is 11.4 Å². The van der Waals surface area contributed by atoms with Gasteiger partial charge in [0.15, 0.2) is 5.82 Å². The Bertz CT molecular complexity index is 618. The van der Waals surface area contributed by atoms with Gasteiger partial charge in [0.2, 0.25) is 0 Å². The van der Waals surface area contributed by atoms with Crippen LogP contribution in [-0.4, -0.2) is 9.97 Å². The van der Waals surface area contributed by atoms with Crippen LogP contribution in [0.4, 0.5) is 5.82 Å². The molecule has 2 aromatic rings. The number of nitrogens with zero attached hydrogens (tertiary/aromatic N) is 2. The molecule has 1 fully saturated rings. The van der Waals surface area contributed by atoms with E-state index in [1.165, 1.54) is 18.4 Å². The largest absolute Gasteiger partial charge is 0.383 e. The van der Waals surface area contributed by atoms with Gasteiger partial charge in [-0.05, 0) is 46.7 Å². The molecule has 3 nitrogen and oxygen atoms in total. The van der Waals surface area contributed by atoms with E-state index in [-0.39, 0.29) is 0 Å². The number of rotatable bonds is 4. The highest BCUT2D eigenvalue weighted by molar-refractivity contribution is 9.10. The lowest BCUT2D eigenvalue weighted by Gasteiger charge is -2.09. The Kier molecular flexibility index (Phi) is 3.74. The van der Waals surface area contributed by atoms with Crippen LogP contribution in [0.1, 0.15) is 43.4 Å². The van der Waals surface area contributed by atoms with Gasteiger partial charge >= 0.3 is 0 Å². The van der Waals surface area contributed by atoms with Crippen LogP contribution in [0.25, 0.3) is 11.4 Å². The lowest BCUT2D eigenvalue weighted by atomic mass is 10.1. The minimum absolute atomic E-state index is 0.518. The van der Waals surface area contributed by atoms with Crippen molar-refractivity contribution in [1.82, 2.24) is 9.97 Å². The van der Waals surface area contributed by atoms with Crippen LogP contribution in [0.3, 0.4) is 0 Å². The van der Waals surface area contributed by atoms with Gasteiger partial charge in [0.25, 0.3) is 0 Å². The lowest BCUT2D eigenvalue weighted by molar-refractivity contribution is 0.870. The maximum absolute atomic E-state index is 5.98. The molecule has 1 aromatic heterocycles. The van der Waals surface area contributed by atoms with E-state index in [2.05, 4.69) is 57.1 Å². The molecule has 0 radical (unpaired) electrons. The molecule has 1 heterocycles. The van der Waals surface area contributed by atoms with Crippen LogP contribution in [0.5, 0.6) is 0 Å². The molecule has 1 saturated carbocycles. The van der Waals surface area contributed by atoms with Gasteiger partial charge in [-0.1, -0.05) is 37.6 Å². The zero-order chi connectivity index (χ0) is 14.1. The summed E-state index contributed by atoms with van der Waals surface area (Å²) in [6.45, 7) is 2.13. The summed E-state index contributed by atoms with van der Waals surface area (Å²) < 4.78 is 0.831. The number of halogens is 1.